The summed E-state index contributed by atoms with van der Waals surface area (Å²) >= 11 is 9.23. The Bertz CT molecular complexity index is 289. The Morgan fingerprint density at radius 3 is 2.75 bits per heavy atom. The molecule has 1 rings (SSSR count). The van der Waals surface area contributed by atoms with Gasteiger partial charge in [-0.1, -0.05) is 33.6 Å². The van der Waals surface area contributed by atoms with Gasteiger partial charge in [0.2, 0.25) is 0 Å². The van der Waals surface area contributed by atoms with E-state index in [1.807, 2.05) is 12.1 Å². The molecule has 0 atom stereocenters. The minimum atomic E-state index is 0.115. The average Bonchev–Trinajstić information content (AvgIpc) is 1.97. The van der Waals surface area contributed by atoms with Crippen molar-refractivity contribution in [2.75, 3.05) is 0 Å². The fraction of sp³-hybridized carbons (Fsp3) is 0.222. The number of carbonyl (C=O) groups is 1. The number of hydrogen-bond acceptors (Lipinski definition) is 1. The molecular formula is C9H8BrClO. The summed E-state index contributed by atoms with van der Waals surface area (Å²) in [7, 11) is 0. The van der Waals surface area contributed by atoms with Gasteiger partial charge in [-0.3, -0.25) is 4.79 Å². The first kappa shape index (κ1) is 9.75. The maximum absolute atomic E-state index is 10.8. The highest BCUT2D eigenvalue weighted by atomic mass is 79.9. The number of hydrogen-bond donors (Lipinski definition) is 0. The molecule has 1 aromatic carbocycles. The van der Waals surface area contributed by atoms with Crippen LogP contribution >= 0.6 is 27.5 Å². The van der Waals surface area contributed by atoms with Gasteiger partial charge in [-0.25, -0.2) is 0 Å². The molecular weight excluding hydrogens is 239 g/mol. The molecule has 0 unspecified atom stereocenters. The van der Waals surface area contributed by atoms with Crippen molar-refractivity contribution < 1.29 is 4.79 Å². The van der Waals surface area contributed by atoms with Crippen molar-refractivity contribution in [2.45, 2.75) is 13.3 Å². The van der Waals surface area contributed by atoms with Crippen LogP contribution in [0.4, 0.5) is 0 Å². The number of carbonyl (C=O) groups excluding carboxylic acids is 1. The van der Waals surface area contributed by atoms with Crippen LogP contribution in [0.5, 0.6) is 0 Å². The summed E-state index contributed by atoms with van der Waals surface area (Å²) in [6.45, 7) is 1.55. The van der Waals surface area contributed by atoms with Crippen LogP contribution in [-0.4, -0.2) is 5.78 Å². The molecule has 0 N–H and O–H groups in total. The lowest BCUT2D eigenvalue weighted by Gasteiger charge is -2.03. The monoisotopic (exact) mass is 246 g/mol. The quantitative estimate of drug-likeness (QED) is 0.784. The van der Waals surface area contributed by atoms with Gasteiger partial charge in [0.05, 0.1) is 0 Å². The van der Waals surface area contributed by atoms with E-state index in [1.54, 1.807) is 13.0 Å². The SMILES string of the molecule is CC(=O)Cc1c(Cl)cccc1Br. The maximum atomic E-state index is 10.8. The Morgan fingerprint density at radius 1 is 1.58 bits per heavy atom. The summed E-state index contributed by atoms with van der Waals surface area (Å²) in [5, 5.41) is 0.638. The van der Waals surface area contributed by atoms with E-state index in [-0.39, 0.29) is 5.78 Å². The highest BCUT2D eigenvalue weighted by molar-refractivity contribution is 9.10. The van der Waals surface area contributed by atoms with Gasteiger partial charge < -0.3 is 0 Å². The third-order valence-corrected chi connectivity index (χ3v) is 2.58. The second-order valence-electron chi connectivity index (χ2n) is 2.58. The zero-order chi connectivity index (χ0) is 9.14. The zero-order valence-corrected chi connectivity index (χ0v) is 8.95. The number of ketones is 1. The van der Waals surface area contributed by atoms with E-state index in [1.165, 1.54) is 0 Å². The number of rotatable bonds is 2. The van der Waals surface area contributed by atoms with Gasteiger partial charge in [0.1, 0.15) is 5.78 Å². The molecule has 12 heavy (non-hydrogen) atoms. The van der Waals surface area contributed by atoms with Crippen molar-refractivity contribution in [2.24, 2.45) is 0 Å². The normalized spacial score (nSPS) is 9.92. The van der Waals surface area contributed by atoms with E-state index < -0.39 is 0 Å². The first-order chi connectivity index (χ1) is 5.61. The average molecular weight is 248 g/mol. The highest BCUT2D eigenvalue weighted by Crippen LogP contribution is 2.24. The van der Waals surface area contributed by atoms with Crippen LogP contribution in [0.2, 0.25) is 5.02 Å². The number of benzene rings is 1. The predicted octanol–water partition coefficient (Wildman–Crippen LogP) is 3.23. The number of Topliss-reactive ketones (excluding diaryl/α,β-unsaturated/α-hetero) is 1. The molecule has 1 aromatic rings. The maximum Gasteiger partial charge on any atom is 0.134 e. The van der Waals surface area contributed by atoms with Crippen LogP contribution in [0, 0.1) is 0 Å². The second-order valence-corrected chi connectivity index (χ2v) is 3.84. The van der Waals surface area contributed by atoms with Gasteiger partial charge in [-0.2, -0.15) is 0 Å². The van der Waals surface area contributed by atoms with E-state index in [0.717, 1.165) is 10.0 Å². The minimum absolute atomic E-state index is 0.115. The molecule has 3 heteroatoms. The summed E-state index contributed by atoms with van der Waals surface area (Å²) in [6, 6.07) is 5.50. The van der Waals surface area contributed by atoms with E-state index >= 15 is 0 Å². The smallest absolute Gasteiger partial charge is 0.134 e. The fourth-order valence-electron chi connectivity index (χ4n) is 0.950. The largest absolute Gasteiger partial charge is 0.300 e. The standard InChI is InChI=1S/C9H8BrClO/c1-6(12)5-7-8(10)3-2-4-9(7)11/h2-4H,5H2,1H3. The molecule has 1 nitrogen and oxygen atoms in total. The Labute approximate surface area is 84.9 Å². The van der Waals surface area contributed by atoms with Crippen molar-refractivity contribution in [1.29, 1.82) is 0 Å². The summed E-state index contributed by atoms with van der Waals surface area (Å²) < 4.78 is 0.894. The first-order valence-electron chi connectivity index (χ1n) is 3.53. The Hall–Kier alpha value is -0.340. The topological polar surface area (TPSA) is 17.1 Å². The predicted molar refractivity (Wildman–Crippen MR) is 53.5 cm³/mol. The lowest BCUT2D eigenvalue weighted by atomic mass is 10.1. The van der Waals surface area contributed by atoms with Gasteiger partial charge >= 0.3 is 0 Å². The summed E-state index contributed by atoms with van der Waals surface area (Å²) in [6.07, 6.45) is 0.389. The van der Waals surface area contributed by atoms with Crippen LogP contribution in [0.3, 0.4) is 0 Å². The summed E-state index contributed by atoms with van der Waals surface area (Å²) in [4.78, 5) is 10.8. The summed E-state index contributed by atoms with van der Waals surface area (Å²) in [5.41, 5.74) is 0.867. The molecule has 64 valence electrons. The van der Waals surface area contributed by atoms with E-state index in [0.29, 0.717) is 11.4 Å². The zero-order valence-electron chi connectivity index (χ0n) is 6.60. The Balaban J connectivity index is 3.04. The molecule has 0 aliphatic carbocycles. The molecule has 0 bridgehead atoms. The van der Waals surface area contributed by atoms with Crippen molar-refractivity contribution in [1.82, 2.24) is 0 Å². The highest BCUT2D eigenvalue weighted by Gasteiger charge is 2.06. The van der Waals surface area contributed by atoms with Gasteiger partial charge in [-0.15, -0.1) is 0 Å². The van der Waals surface area contributed by atoms with Gasteiger partial charge in [0.25, 0.3) is 0 Å². The molecule has 0 heterocycles. The second kappa shape index (κ2) is 4.06. The lowest BCUT2D eigenvalue weighted by Crippen LogP contribution is -1.97. The molecule has 0 saturated heterocycles. The molecule has 0 amide bonds. The van der Waals surface area contributed by atoms with Crippen molar-refractivity contribution in [3.05, 3.63) is 33.3 Å². The Kier molecular flexibility index (Phi) is 3.29. The molecule has 0 aliphatic rings. The van der Waals surface area contributed by atoms with Crippen molar-refractivity contribution in [3.63, 3.8) is 0 Å². The van der Waals surface area contributed by atoms with Gasteiger partial charge in [0.15, 0.2) is 0 Å². The van der Waals surface area contributed by atoms with E-state index in [2.05, 4.69) is 15.9 Å². The molecule has 0 saturated carbocycles. The van der Waals surface area contributed by atoms with Crippen LogP contribution in [-0.2, 0) is 11.2 Å². The minimum Gasteiger partial charge on any atom is -0.300 e. The van der Waals surface area contributed by atoms with Gasteiger partial charge in [-0.05, 0) is 24.6 Å². The Morgan fingerprint density at radius 2 is 2.25 bits per heavy atom. The molecule has 0 aromatic heterocycles. The molecule has 0 fully saturated rings. The van der Waals surface area contributed by atoms with Crippen molar-refractivity contribution in [3.8, 4) is 0 Å². The van der Waals surface area contributed by atoms with E-state index in [9.17, 15) is 4.79 Å². The van der Waals surface area contributed by atoms with Crippen LogP contribution in [0.1, 0.15) is 12.5 Å². The van der Waals surface area contributed by atoms with Crippen molar-refractivity contribution >= 4 is 33.3 Å². The van der Waals surface area contributed by atoms with E-state index in [4.69, 9.17) is 11.6 Å². The van der Waals surface area contributed by atoms with Crippen LogP contribution < -0.4 is 0 Å². The third-order valence-electron chi connectivity index (χ3n) is 1.49. The third kappa shape index (κ3) is 2.32. The number of halogens is 2. The van der Waals surface area contributed by atoms with Crippen LogP contribution in [0.25, 0.3) is 0 Å². The molecule has 0 aliphatic heterocycles. The summed E-state index contributed by atoms with van der Waals surface area (Å²) in [5.74, 6) is 0.115. The first-order valence-corrected chi connectivity index (χ1v) is 4.70. The lowest BCUT2D eigenvalue weighted by molar-refractivity contribution is -0.116. The molecule has 0 radical (unpaired) electrons. The molecule has 0 spiro atoms. The van der Waals surface area contributed by atoms with Crippen LogP contribution in [0.15, 0.2) is 22.7 Å². The van der Waals surface area contributed by atoms with Gasteiger partial charge in [0, 0.05) is 15.9 Å². The fourth-order valence-corrected chi connectivity index (χ4v) is 1.81.